The number of carboxylic acid groups (broad SMARTS) is 1. The number of halogens is 2. The summed E-state index contributed by atoms with van der Waals surface area (Å²) in [5.41, 5.74) is 0.119. The minimum Gasteiger partial charge on any atom is -0.483 e. The molecular formula is C9H8I2O4. The molecule has 1 aromatic rings. The fraction of sp³-hybridized carbons (Fsp3) is 0.222. The first kappa shape index (κ1) is 12.8. The van der Waals surface area contributed by atoms with Gasteiger partial charge in [-0.2, -0.15) is 0 Å². The third-order valence-electron chi connectivity index (χ3n) is 1.61. The van der Waals surface area contributed by atoms with Gasteiger partial charge in [-0.15, -0.1) is 0 Å². The molecule has 0 radical (unpaired) electrons. The monoisotopic (exact) mass is 434 g/mol. The van der Waals surface area contributed by atoms with Crippen LogP contribution in [0.5, 0.6) is 11.5 Å². The SMILES string of the molecule is O=C(O)c1cc(OCI)ccc1OCI. The van der Waals surface area contributed by atoms with Crippen LogP contribution in [0.2, 0.25) is 0 Å². The van der Waals surface area contributed by atoms with Gasteiger partial charge in [-0.3, -0.25) is 0 Å². The van der Waals surface area contributed by atoms with E-state index in [9.17, 15) is 4.79 Å². The Morgan fingerprint density at radius 1 is 1.27 bits per heavy atom. The first-order chi connectivity index (χ1) is 7.19. The third-order valence-corrected chi connectivity index (χ3v) is 2.24. The minimum absolute atomic E-state index is 0.119. The Balaban J connectivity index is 3.03. The van der Waals surface area contributed by atoms with E-state index in [-0.39, 0.29) is 5.56 Å². The summed E-state index contributed by atoms with van der Waals surface area (Å²) in [6.07, 6.45) is 0. The average Bonchev–Trinajstić information content (AvgIpc) is 2.21. The van der Waals surface area contributed by atoms with E-state index in [0.29, 0.717) is 20.7 Å². The molecule has 0 amide bonds. The van der Waals surface area contributed by atoms with Crippen LogP contribution in [-0.2, 0) is 0 Å². The molecule has 1 aromatic carbocycles. The molecule has 0 saturated heterocycles. The van der Waals surface area contributed by atoms with Gasteiger partial charge < -0.3 is 14.6 Å². The molecule has 1 rings (SSSR count). The summed E-state index contributed by atoms with van der Waals surface area (Å²) >= 11 is 4.05. The molecule has 0 fully saturated rings. The molecule has 6 heteroatoms. The van der Waals surface area contributed by atoms with E-state index in [0.717, 1.165) is 0 Å². The molecule has 0 bridgehead atoms. The normalized spacial score (nSPS) is 9.73. The maximum atomic E-state index is 10.9. The van der Waals surface area contributed by atoms with Gasteiger partial charge in [0.15, 0.2) is 0 Å². The van der Waals surface area contributed by atoms with Crippen LogP contribution in [0.3, 0.4) is 0 Å². The third kappa shape index (κ3) is 3.67. The van der Waals surface area contributed by atoms with Crippen molar-refractivity contribution < 1.29 is 19.4 Å². The molecule has 82 valence electrons. The number of aromatic carboxylic acids is 1. The van der Waals surface area contributed by atoms with Crippen molar-refractivity contribution in [3.63, 3.8) is 0 Å². The first-order valence-electron chi connectivity index (χ1n) is 3.94. The maximum Gasteiger partial charge on any atom is 0.339 e. The zero-order valence-electron chi connectivity index (χ0n) is 7.57. The molecule has 0 aromatic heterocycles. The van der Waals surface area contributed by atoms with Crippen LogP contribution in [0.4, 0.5) is 0 Å². The van der Waals surface area contributed by atoms with Crippen LogP contribution < -0.4 is 9.47 Å². The number of hydrogen-bond acceptors (Lipinski definition) is 3. The Bertz CT molecular complexity index is 354. The zero-order valence-corrected chi connectivity index (χ0v) is 11.9. The Labute approximate surface area is 114 Å². The Morgan fingerprint density at radius 2 is 1.93 bits per heavy atom. The number of carbonyl (C=O) groups is 1. The van der Waals surface area contributed by atoms with Gasteiger partial charge in [0, 0.05) is 0 Å². The summed E-state index contributed by atoms with van der Waals surface area (Å²) < 4.78 is 11.3. The van der Waals surface area contributed by atoms with Crippen LogP contribution in [0.25, 0.3) is 0 Å². The summed E-state index contributed by atoms with van der Waals surface area (Å²) in [5, 5.41) is 8.95. The molecule has 15 heavy (non-hydrogen) atoms. The topological polar surface area (TPSA) is 55.8 Å². The van der Waals surface area contributed by atoms with Crippen LogP contribution in [-0.4, -0.2) is 20.3 Å². The van der Waals surface area contributed by atoms with Crippen LogP contribution in [0.15, 0.2) is 18.2 Å². The van der Waals surface area contributed by atoms with Crippen molar-refractivity contribution in [3.8, 4) is 11.5 Å². The first-order valence-corrected chi connectivity index (χ1v) is 6.99. The average molecular weight is 434 g/mol. The summed E-state index contributed by atoms with van der Waals surface area (Å²) in [6, 6.07) is 4.75. The summed E-state index contributed by atoms with van der Waals surface area (Å²) in [4.78, 5) is 10.9. The van der Waals surface area contributed by atoms with E-state index in [2.05, 4.69) is 0 Å². The molecule has 0 unspecified atom stereocenters. The summed E-state index contributed by atoms with van der Waals surface area (Å²) in [6.45, 7) is 0. The Kier molecular flexibility index (Phi) is 5.43. The molecular weight excluding hydrogens is 426 g/mol. The van der Waals surface area contributed by atoms with Gasteiger partial charge in [-0.25, -0.2) is 4.79 Å². The fourth-order valence-corrected chi connectivity index (χ4v) is 1.71. The molecule has 4 nitrogen and oxygen atoms in total. The number of rotatable bonds is 5. The van der Waals surface area contributed by atoms with E-state index in [4.69, 9.17) is 14.6 Å². The second kappa shape index (κ2) is 6.36. The largest absolute Gasteiger partial charge is 0.483 e. The van der Waals surface area contributed by atoms with Crippen molar-refractivity contribution in [2.45, 2.75) is 0 Å². The molecule has 0 spiro atoms. The van der Waals surface area contributed by atoms with Gasteiger partial charge in [0.1, 0.15) is 26.3 Å². The molecule has 0 atom stereocenters. The maximum absolute atomic E-state index is 10.9. The van der Waals surface area contributed by atoms with Gasteiger partial charge in [0.25, 0.3) is 0 Å². The summed E-state index contributed by atoms with van der Waals surface area (Å²) in [7, 11) is 0. The lowest BCUT2D eigenvalue weighted by Gasteiger charge is -2.08. The standard InChI is InChI=1S/C9H8I2O4/c10-4-14-6-1-2-8(15-5-11)7(3-6)9(12)13/h1-3H,4-5H2,(H,12,13). The van der Waals surface area contributed by atoms with Gasteiger partial charge in [-0.1, -0.05) is 0 Å². The predicted molar refractivity (Wildman–Crippen MR) is 72.4 cm³/mol. The highest BCUT2D eigenvalue weighted by Crippen LogP contribution is 2.25. The van der Waals surface area contributed by atoms with Crippen LogP contribution in [0.1, 0.15) is 10.4 Å². The smallest absolute Gasteiger partial charge is 0.339 e. The molecule has 0 aliphatic rings. The summed E-state index contributed by atoms with van der Waals surface area (Å²) in [5.74, 6) is -0.130. The van der Waals surface area contributed by atoms with Crippen LogP contribution in [0, 0.1) is 0 Å². The number of alkyl halides is 2. The number of hydrogen-bond donors (Lipinski definition) is 1. The van der Waals surface area contributed by atoms with Crippen LogP contribution >= 0.6 is 45.2 Å². The van der Waals surface area contributed by atoms with E-state index in [1.165, 1.54) is 6.07 Å². The minimum atomic E-state index is -1.02. The van der Waals surface area contributed by atoms with E-state index >= 15 is 0 Å². The van der Waals surface area contributed by atoms with Gasteiger partial charge in [-0.05, 0) is 63.4 Å². The Morgan fingerprint density at radius 3 is 2.47 bits per heavy atom. The van der Waals surface area contributed by atoms with Gasteiger partial charge >= 0.3 is 5.97 Å². The van der Waals surface area contributed by atoms with Crippen molar-refractivity contribution in [1.29, 1.82) is 0 Å². The van der Waals surface area contributed by atoms with E-state index in [1.807, 2.05) is 45.2 Å². The van der Waals surface area contributed by atoms with Crippen molar-refractivity contribution in [2.75, 3.05) is 9.23 Å². The molecule has 0 heterocycles. The van der Waals surface area contributed by atoms with Gasteiger partial charge in [0.2, 0.25) is 0 Å². The van der Waals surface area contributed by atoms with E-state index < -0.39 is 5.97 Å². The van der Waals surface area contributed by atoms with E-state index in [1.54, 1.807) is 12.1 Å². The quantitative estimate of drug-likeness (QED) is 0.573. The molecule has 1 N–H and O–H groups in total. The lowest BCUT2D eigenvalue weighted by atomic mass is 10.2. The second-order valence-electron chi connectivity index (χ2n) is 2.47. The lowest BCUT2D eigenvalue weighted by Crippen LogP contribution is -2.02. The lowest BCUT2D eigenvalue weighted by molar-refractivity contribution is 0.0693. The predicted octanol–water partition coefficient (Wildman–Crippen LogP) is 2.93. The highest BCUT2D eigenvalue weighted by atomic mass is 127. The van der Waals surface area contributed by atoms with Crippen molar-refractivity contribution in [1.82, 2.24) is 0 Å². The van der Waals surface area contributed by atoms with Gasteiger partial charge in [0.05, 0.1) is 0 Å². The second-order valence-corrected chi connectivity index (χ2v) is 3.72. The van der Waals surface area contributed by atoms with Crippen molar-refractivity contribution >= 4 is 51.2 Å². The highest BCUT2D eigenvalue weighted by Gasteiger charge is 2.12. The van der Waals surface area contributed by atoms with Crippen molar-refractivity contribution in [3.05, 3.63) is 23.8 Å². The van der Waals surface area contributed by atoms with Crippen molar-refractivity contribution in [2.24, 2.45) is 0 Å². The highest BCUT2D eigenvalue weighted by molar-refractivity contribution is 14.1. The Hall–Kier alpha value is -0.250. The number of carboxylic acids is 1. The number of ether oxygens (including phenoxy) is 2. The number of benzene rings is 1. The fourth-order valence-electron chi connectivity index (χ4n) is 1.01. The zero-order chi connectivity index (χ0) is 11.3. The molecule has 0 aliphatic carbocycles. The molecule has 0 aliphatic heterocycles. The molecule has 0 saturated carbocycles.